The molecule has 0 saturated carbocycles. The van der Waals surface area contributed by atoms with Gasteiger partial charge in [-0.3, -0.25) is 4.79 Å². The van der Waals surface area contributed by atoms with Crippen molar-refractivity contribution in [1.82, 2.24) is 4.90 Å². The molecule has 1 aliphatic rings. The van der Waals surface area contributed by atoms with Crippen molar-refractivity contribution >= 4 is 5.91 Å². The molecule has 1 amide bonds. The lowest BCUT2D eigenvalue weighted by Gasteiger charge is -2.22. The Morgan fingerprint density at radius 2 is 2.38 bits per heavy atom. The highest BCUT2D eigenvalue weighted by molar-refractivity contribution is 5.82. The zero-order chi connectivity index (χ0) is 12.2. The molecule has 1 heterocycles. The molecule has 94 valence electrons. The van der Waals surface area contributed by atoms with Gasteiger partial charge in [0.15, 0.2) is 0 Å². The number of likely N-dealkylation sites (tertiary alicyclic amines) is 1. The molecule has 1 saturated heterocycles. The Morgan fingerprint density at radius 1 is 1.69 bits per heavy atom. The smallest absolute Gasteiger partial charge is 0.239 e. The minimum atomic E-state index is -0.748. The van der Waals surface area contributed by atoms with Crippen LogP contribution in [-0.4, -0.2) is 54.4 Å². The Morgan fingerprint density at radius 3 is 2.88 bits per heavy atom. The number of rotatable bonds is 5. The number of carbonyl (C=O) groups is 1. The van der Waals surface area contributed by atoms with Crippen LogP contribution >= 0.6 is 0 Å². The molecule has 0 spiro atoms. The fourth-order valence-electron chi connectivity index (χ4n) is 1.94. The SMILES string of the molecule is COCCCC(N)C(=O)N1CCC(C)(O)C1. The van der Waals surface area contributed by atoms with Crippen LogP contribution in [0.5, 0.6) is 0 Å². The molecule has 0 bridgehead atoms. The average Bonchev–Trinajstić information content (AvgIpc) is 2.58. The van der Waals surface area contributed by atoms with E-state index in [0.29, 0.717) is 32.5 Å². The summed E-state index contributed by atoms with van der Waals surface area (Å²) in [7, 11) is 1.63. The quantitative estimate of drug-likeness (QED) is 0.637. The third-order valence-electron chi connectivity index (χ3n) is 2.94. The summed E-state index contributed by atoms with van der Waals surface area (Å²) < 4.78 is 4.91. The van der Waals surface area contributed by atoms with E-state index in [1.54, 1.807) is 18.9 Å². The Bertz CT molecular complexity index is 243. The highest BCUT2D eigenvalue weighted by Gasteiger charge is 2.35. The first kappa shape index (κ1) is 13.4. The van der Waals surface area contributed by atoms with Gasteiger partial charge in [0.05, 0.1) is 11.6 Å². The summed E-state index contributed by atoms with van der Waals surface area (Å²) >= 11 is 0. The first-order valence-corrected chi connectivity index (χ1v) is 5.72. The molecule has 1 aliphatic heterocycles. The summed E-state index contributed by atoms with van der Waals surface area (Å²) in [6, 6.07) is -0.468. The van der Waals surface area contributed by atoms with E-state index < -0.39 is 11.6 Å². The van der Waals surface area contributed by atoms with E-state index in [4.69, 9.17) is 10.5 Å². The van der Waals surface area contributed by atoms with Gasteiger partial charge >= 0.3 is 0 Å². The lowest BCUT2D eigenvalue weighted by atomic mass is 10.1. The van der Waals surface area contributed by atoms with Crippen molar-refractivity contribution in [2.75, 3.05) is 26.8 Å². The molecule has 0 aromatic carbocycles. The number of ether oxygens (including phenoxy) is 1. The van der Waals surface area contributed by atoms with Crippen LogP contribution in [0.4, 0.5) is 0 Å². The lowest BCUT2D eigenvalue weighted by molar-refractivity contribution is -0.132. The number of methoxy groups -OCH3 is 1. The minimum Gasteiger partial charge on any atom is -0.388 e. The van der Waals surface area contributed by atoms with E-state index in [1.807, 2.05) is 0 Å². The molecular formula is C11H22N2O3. The molecule has 0 radical (unpaired) electrons. The zero-order valence-corrected chi connectivity index (χ0v) is 10.1. The number of hydrogen-bond acceptors (Lipinski definition) is 4. The maximum Gasteiger partial charge on any atom is 0.239 e. The van der Waals surface area contributed by atoms with Gasteiger partial charge in [0, 0.05) is 26.8 Å². The first-order valence-electron chi connectivity index (χ1n) is 5.72. The Kier molecular flexibility index (Phi) is 4.70. The molecular weight excluding hydrogens is 208 g/mol. The third kappa shape index (κ3) is 3.73. The molecule has 2 atom stereocenters. The van der Waals surface area contributed by atoms with Gasteiger partial charge < -0.3 is 20.5 Å². The number of nitrogens with zero attached hydrogens (tertiary/aromatic N) is 1. The molecule has 3 N–H and O–H groups in total. The summed E-state index contributed by atoms with van der Waals surface area (Å²) in [5.74, 6) is -0.0612. The molecule has 0 aromatic heterocycles. The van der Waals surface area contributed by atoms with Crippen molar-refractivity contribution in [1.29, 1.82) is 0 Å². The van der Waals surface area contributed by atoms with Gasteiger partial charge in [-0.1, -0.05) is 0 Å². The molecule has 16 heavy (non-hydrogen) atoms. The Balaban J connectivity index is 2.34. The topological polar surface area (TPSA) is 75.8 Å². The molecule has 1 fully saturated rings. The summed E-state index contributed by atoms with van der Waals surface area (Å²) in [6.07, 6.45) is 2.04. The molecule has 5 nitrogen and oxygen atoms in total. The van der Waals surface area contributed by atoms with Crippen LogP contribution in [0.2, 0.25) is 0 Å². The molecule has 0 aromatic rings. The van der Waals surface area contributed by atoms with Crippen LogP contribution in [0.25, 0.3) is 0 Å². The zero-order valence-electron chi connectivity index (χ0n) is 10.1. The van der Waals surface area contributed by atoms with Crippen molar-refractivity contribution < 1.29 is 14.6 Å². The summed E-state index contributed by atoms with van der Waals surface area (Å²) in [6.45, 7) is 3.36. The Labute approximate surface area is 96.6 Å². The number of β-amino-alcohol motifs (C(OH)–C–C–N with tert-alkyl or cyclic N) is 1. The fraction of sp³-hybridized carbons (Fsp3) is 0.909. The van der Waals surface area contributed by atoms with Gasteiger partial charge in [-0.15, -0.1) is 0 Å². The van der Waals surface area contributed by atoms with E-state index in [2.05, 4.69) is 0 Å². The molecule has 5 heteroatoms. The minimum absolute atomic E-state index is 0.0612. The van der Waals surface area contributed by atoms with Gasteiger partial charge in [-0.25, -0.2) is 0 Å². The maximum atomic E-state index is 11.9. The van der Waals surface area contributed by atoms with E-state index >= 15 is 0 Å². The first-order chi connectivity index (χ1) is 7.46. The summed E-state index contributed by atoms with van der Waals surface area (Å²) in [4.78, 5) is 13.5. The van der Waals surface area contributed by atoms with Crippen LogP contribution in [-0.2, 0) is 9.53 Å². The predicted octanol–water partition coefficient (Wildman–Crippen LogP) is -0.276. The molecule has 2 unspecified atom stereocenters. The summed E-state index contributed by atoms with van der Waals surface area (Å²) in [5, 5.41) is 9.75. The van der Waals surface area contributed by atoms with Crippen LogP contribution in [0, 0.1) is 0 Å². The van der Waals surface area contributed by atoms with Crippen molar-refractivity contribution in [3.63, 3.8) is 0 Å². The van der Waals surface area contributed by atoms with Crippen molar-refractivity contribution in [3.05, 3.63) is 0 Å². The van der Waals surface area contributed by atoms with Gasteiger partial charge in [0.25, 0.3) is 0 Å². The van der Waals surface area contributed by atoms with Crippen molar-refractivity contribution in [2.45, 2.75) is 37.8 Å². The van der Waals surface area contributed by atoms with Crippen molar-refractivity contribution in [3.8, 4) is 0 Å². The van der Waals surface area contributed by atoms with Crippen LogP contribution in [0.3, 0.4) is 0 Å². The van der Waals surface area contributed by atoms with Crippen LogP contribution in [0.1, 0.15) is 26.2 Å². The van der Waals surface area contributed by atoms with Crippen LogP contribution < -0.4 is 5.73 Å². The number of hydrogen-bond donors (Lipinski definition) is 2. The average molecular weight is 230 g/mol. The predicted molar refractivity (Wildman–Crippen MR) is 60.9 cm³/mol. The number of carbonyl (C=O) groups excluding carboxylic acids is 1. The monoisotopic (exact) mass is 230 g/mol. The molecule has 1 rings (SSSR count). The highest BCUT2D eigenvalue weighted by atomic mass is 16.5. The maximum absolute atomic E-state index is 11.9. The Hall–Kier alpha value is -0.650. The number of aliphatic hydroxyl groups is 1. The van der Waals surface area contributed by atoms with Gasteiger partial charge in [0.2, 0.25) is 5.91 Å². The number of nitrogens with two attached hydrogens (primary N) is 1. The molecule has 0 aliphatic carbocycles. The number of amides is 1. The fourth-order valence-corrected chi connectivity index (χ4v) is 1.94. The normalized spacial score (nSPS) is 27.1. The van der Waals surface area contributed by atoms with Gasteiger partial charge in [-0.05, 0) is 26.2 Å². The van der Waals surface area contributed by atoms with Gasteiger partial charge in [-0.2, -0.15) is 0 Å². The second-order valence-electron chi connectivity index (χ2n) is 4.75. The lowest BCUT2D eigenvalue weighted by Crippen LogP contribution is -2.44. The van der Waals surface area contributed by atoms with E-state index in [9.17, 15) is 9.90 Å². The van der Waals surface area contributed by atoms with Gasteiger partial charge in [0.1, 0.15) is 0 Å². The van der Waals surface area contributed by atoms with Crippen molar-refractivity contribution in [2.24, 2.45) is 5.73 Å². The highest BCUT2D eigenvalue weighted by Crippen LogP contribution is 2.20. The summed E-state index contributed by atoms with van der Waals surface area (Å²) in [5.41, 5.74) is 5.05. The van der Waals surface area contributed by atoms with E-state index in [0.717, 1.165) is 6.42 Å². The largest absolute Gasteiger partial charge is 0.388 e. The van der Waals surface area contributed by atoms with Crippen LogP contribution in [0.15, 0.2) is 0 Å². The second kappa shape index (κ2) is 5.61. The van der Waals surface area contributed by atoms with E-state index in [1.165, 1.54) is 0 Å². The second-order valence-corrected chi connectivity index (χ2v) is 4.75. The standard InChI is InChI=1S/C11H22N2O3/c1-11(15)5-6-13(8-11)10(14)9(12)4-3-7-16-2/h9,15H,3-8,12H2,1-2H3. The third-order valence-corrected chi connectivity index (χ3v) is 2.94. The van der Waals surface area contributed by atoms with E-state index in [-0.39, 0.29) is 5.91 Å².